The predicted octanol–water partition coefficient (Wildman–Crippen LogP) is 4.51. The standard InChI is InChI=1S/C16H17Cl2NO/c1-19-14(12-7-5-8-13(17)16(12)18)10-11-6-3-4-9-15(11)20-2/h3-9,14,19H,10H2,1-2H3. The van der Waals surface area contributed by atoms with Crippen molar-refractivity contribution in [1.82, 2.24) is 5.32 Å². The van der Waals surface area contributed by atoms with Crippen LogP contribution in [-0.4, -0.2) is 14.2 Å². The number of nitrogens with one attached hydrogen (secondary N) is 1. The summed E-state index contributed by atoms with van der Waals surface area (Å²) in [6.07, 6.45) is 0.778. The van der Waals surface area contributed by atoms with Crippen LogP contribution in [0, 0.1) is 0 Å². The van der Waals surface area contributed by atoms with Gasteiger partial charge in [0.2, 0.25) is 0 Å². The first kappa shape index (κ1) is 15.2. The average molecular weight is 310 g/mol. The molecule has 0 saturated heterocycles. The van der Waals surface area contributed by atoms with Crippen molar-refractivity contribution in [3.63, 3.8) is 0 Å². The molecule has 2 aromatic rings. The van der Waals surface area contributed by atoms with Crippen LogP contribution in [0.5, 0.6) is 5.75 Å². The highest BCUT2D eigenvalue weighted by Gasteiger charge is 2.16. The van der Waals surface area contributed by atoms with Crippen molar-refractivity contribution in [2.24, 2.45) is 0 Å². The zero-order valence-corrected chi connectivity index (χ0v) is 13.0. The fourth-order valence-corrected chi connectivity index (χ4v) is 2.69. The fourth-order valence-electron chi connectivity index (χ4n) is 2.25. The third kappa shape index (κ3) is 3.26. The zero-order valence-electron chi connectivity index (χ0n) is 11.5. The van der Waals surface area contributed by atoms with Gasteiger partial charge in [0, 0.05) is 6.04 Å². The van der Waals surface area contributed by atoms with Gasteiger partial charge in [-0.15, -0.1) is 0 Å². The number of hydrogen-bond donors (Lipinski definition) is 1. The van der Waals surface area contributed by atoms with Crippen LogP contribution in [0.4, 0.5) is 0 Å². The van der Waals surface area contributed by atoms with E-state index < -0.39 is 0 Å². The molecule has 2 nitrogen and oxygen atoms in total. The summed E-state index contributed by atoms with van der Waals surface area (Å²) < 4.78 is 5.39. The van der Waals surface area contributed by atoms with Crippen LogP contribution in [0.3, 0.4) is 0 Å². The second-order valence-corrected chi connectivity index (χ2v) is 5.29. The summed E-state index contributed by atoms with van der Waals surface area (Å²) in [5.41, 5.74) is 2.12. The van der Waals surface area contributed by atoms with Gasteiger partial charge in [0.05, 0.1) is 17.2 Å². The van der Waals surface area contributed by atoms with E-state index in [0.29, 0.717) is 10.0 Å². The lowest BCUT2D eigenvalue weighted by molar-refractivity contribution is 0.406. The molecule has 2 rings (SSSR count). The Labute approximate surface area is 129 Å². The van der Waals surface area contributed by atoms with Gasteiger partial charge in [-0.1, -0.05) is 53.5 Å². The van der Waals surface area contributed by atoms with Gasteiger partial charge in [-0.3, -0.25) is 0 Å². The van der Waals surface area contributed by atoms with Crippen LogP contribution in [0.2, 0.25) is 10.0 Å². The molecule has 0 heterocycles. The van der Waals surface area contributed by atoms with Crippen LogP contribution in [0.1, 0.15) is 17.2 Å². The molecule has 1 unspecified atom stereocenters. The molecule has 0 bridgehead atoms. The Morgan fingerprint density at radius 1 is 1.10 bits per heavy atom. The number of hydrogen-bond acceptors (Lipinski definition) is 2. The largest absolute Gasteiger partial charge is 0.496 e. The first-order chi connectivity index (χ1) is 9.67. The number of likely N-dealkylation sites (N-methyl/N-ethyl adjacent to an activating group) is 1. The molecular formula is C16H17Cl2NO. The molecule has 0 spiro atoms. The SMILES string of the molecule is CNC(Cc1ccccc1OC)c1cccc(Cl)c1Cl. The summed E-state index contributed by atoms with van der Waals surface area (Å²) in [5.74, 6) is 0.880. The molecule has 106 valence electrons. The van der Waals surface area contributed by atoms with Crippen LogP contribution in [0.25, 0.3) is 0 Å². The highest BCUT2D eigenvalue weighted by Crippen LogP contribution is 2.32. The Kier molecular flexibility index (Phi) is 5.30. The molecule has 0 fully saturated rings. The van der Waals surface area contributed by atoms with Crippen molar-refractivity contribution in [1.29, 1.82) is 0 Å². The number of ether oxygens (including phenoxy) is 1. The third-order valence-electron chi connectivity index (χ3n) is 3.32. The average Bonchev–Trinajstić information content (AvgIpc) is 2.48. The Morgan fingerprint density at radius 3 is 2.55 bits per heavy atom. The quantitative estimate of drug-likeness (QED) is 0.877. The highest BCUT2D eigenvalue weighted by molar-refractivity contribution is 6.42. The van der Waals surface area contributed by atoms with Gasteiger partial charge in [-0.2, -0.15) is 0 Å². The Hall–Kier alpha value is -1.22. The molecule has 4 heteroatoms. The van der Waals surface area contributed by atoms with E-state index in [-0.39, 0.29) is 6.04 Å². The van der Waals surface area contributed by atoms with Gasteiger partial charge in [0.15, 0.2) is 0 Å². The number of rotatable bonds is 5. The van der Waals surface area contributed by atoms with Crippen molar-refractivity contribution in [3.05, 3.63) is 63.6 Å². The Balaban J connectivity index is 2.31. The minimum Gasteiger partial charge on any atom is -0.496 e. The molecule has 0 saturated carbocycles. The lowest BCUT2D eigenvalue weighted by Gasteiger charge is -2.20. The molecule has 2 aromatic carbocycles. The maximum Gasteiger partial charge on any atom is 0.122 e. The van der Waals surface area contributed by atoms with Crippen LogP contribution in [-0.2, 0) is 6.42 Å². The fraction of sp³-hybridized carbons (Fsp3) is 0.250. The molecular weight excluding hydrogens is 293 g/mol. The minimum absolute atomic E-state index is 0.0810. The molecule has 0 aliphatic heterocycles. The molecule has 0 aliphatic carbocycles. The molecule has 0 aromatic heterocycles. The van der Waals surface area contributed by atoms with E-state index in [0.717, 1.165) is 23.3 Å². The van der Waals surface area contributed by atoms with Gasteiger partial charge < -0.3 is 10.1 Å². The molecule has 0 amide bonds. The van der Waals surface area contributed by atoms with E-state index in [1.807, 2.05) is 37.4 Å². The summed E-state index contributed by atoms with van der Waals surface area (Å²) >= 11 is 12.4. The molecule has 0 aliphatic rings. The van der Waals surface area contributed by atoms with Crippen LogP contribution < -0.4 is 10.1 Å². The Morgan fingerprint density at radius 2 is 1.85 bits per heavy atom. The summed E-state index contributed by atoms with van der Waals surface area (Å²) in [6.45, 7) is 0. The molecule has 0 radical (unpaired) electrons. The summed E-state index contributed by atoms with van der Waals surface area (Å²) in [7, 11) is 3.59. The van der Waals surface area contributed by atoms with E-state index in [1.165, 1.54) is 0 Å². The van der Waals surface area contributed by atoms with Gasteiger partial charge in [-0.05, 0) is 36.7 Å². The predicted molar refractivity (Wildman–Crippen MR) is 85.0 cm³/mol. The Bertz CT molecular complexity index is 586. The third-order valence-corrected chi connectivity index (χ3v) is 4.16. The smallest absolute Gasteiger partial charge is 0.122 e. The normalized spacial score (nSPS) is 12.2. The highest BCUT2D eigenvalue weighted by atomic mass is 35.5. The maximum atomic E-state index is 6.30. The lowest BCUT2D eigenvalue weighted by atomic mass is 9.98. The van der Waals surface area contributed by atoms with Crippen molar-refractivity contribution in [3.8, 4) is 5.75 Å². The van der Waals surface area contributed by atoms with Gasteiger partial charge in [0.1, 0.15) is 5.75 Å². The second kappa shape index (κ2) is 6.98. The van der Waals surface area contributed by atoms with E-state index >= 15 is 0 Å². The van der Waals surface area contributed by atoms with E-state index in [4.69, 9.17) is 27.9 Å². The molecule has 20 heavy (non-hydrogen) atoms. The van der Waals surface area contributed by atoms with E-state index in [1.54, 1.807) is 13.2 Å². The summed E-state index contributed by atoms with van der Waals surface area (Å²) in [5, 5.41) is 4.46. The number of benzene rings is 2. The number of halogens is 2. The maximum absolute atomic E-state index is 6.30. The summed E-state index contributed by atoms with van der Waals surface area (Å²) in [6, 6.07) is 13.8. The van der Waals surface area contributed by atoms with Crippen molar-refractivity contribution < 1.29 is 4.74 Å². The number of methoxy groups -OCH3 is 1. The topological polar surface area (TPSA) is 21.3 Å². The van der Waals surface area contributed by atoms with E-state index in [9.17, 15) is 0 Å². The van der Waals surface area contributed by atoms with Crippen molar-refractivity contribution in [2.45, 2.75) is 12.5 Å². The minimum atomic E-state index is 0.0810. The summed E-state index contributed by atoms with van der Waals surface area (Å²) in [4.78, 5) is 0. The van der Waals surface area contributed by atoms with Gasteiger partial charge >= 0.3 is 0 Å². The monoisotopic (exact) mass is 309 g/mol. The number of para-hydroxylation sites is 1. The van der Waals surface area contributed by atoms with Crippen LogP contribution in [0.15, 0.2) is 42.5 Å². The second-order valence-electron chi connectivity index (χ2n) is 4.50. The first-order valence-corrected chi connectivity index (χ1v) is 7.16. The molecule has 1 N–H and O–H groups in total. The van der Waals surface area contributed by atoms with Crippen molar-refractivity contribution in [2.75, 3.05) is 14.2 Å². The van der Waals surface area contributed by atoms with Crippen LogP contribution >= 0.6 is 23.2 Å². The van der Waals surface area contributed by atoms with E-state index in [2.05, 4.69) is 11.4 Å². The molecule has 1 atom stereocenters. The lowest BCUT2D eigenvalue weighted by Crippen LogP contribution is -2.19. The van der Waals surface area contributed by atoms with Crippen molar-refractivity contribution >= 4 is 23.2 Å². The zero-order chi connectivity index (χ0) is 14.5. The first-order valence-electron chi connectivity index (χ1n) is 6.40. The van der Waals surface area contributed by atoms with Gasteiger partial charge in [0.25, 0.3) is 0 Å². The van der Waals surface area contributed by atoms with Gasteiger partial charge in [-0.25, -0.2) is 0 Å².